The lowest BCUT2D eigenvalue weighted by molar-refractivity contribution is -0.151. The van der Waals surface area contributed by atoms with Crippen LogP contribution in [0, 0.1) is 5.92 Å². The minimum absolute atomic E-state index is 0.222. The van der Waals surface area contributed by atoms with E-state index >= 15 is 0 Å². The summed E-state index contributed by atoms with van der Waals surface area (Å²) in [4.78, 5) is 40.1. The summed E-state index contributed by atoms with van der Waals surface area (Å²) in [5.74, 6) is -0.155. The first-order valence-electron chi connectivity index (χ1n) is 10.4. The number of aromatic nitrogens is 3. The first kappa shape index (κ1) is 20.2. The lowest BCUT2D eigenvalue weighted by atomic mass is 9.97. The number of aryl methyl sites for hydroxylation is 1. The van der Waals surface area contributed by atoms with Gasteiger partial charge in [-0.25, -0.2) is 4.68 Å². The molecule has 30 heavy (non-hydrogen) atoms. The summed E-state index contributed by atoms with van der Waals surface area (Å²) in [6, 6.07) is 2.70. The number of piperidine rings is 1. The number of fused-ring (bicyclic) bond motifs is 3. The van der Waals surface area contributed by atoms with Gasteiger partial charge >= 0.3 is 5.97 Å². The minimum atomic E-state index is -0.782. The van der Waals surface area contributed by atoms with Crippen molar-refractivity contribution in [3.63, 3.8) is 0 Å². The molecule has 1 aliphatic heterocycles. The molecule has 2 unspecified atom stereocenters. The molecule has 0 bridgehead atoms. The molecule has 1 saturated heterocycles. The zero-order chi connectivity index (χ0) is 21.4. The molecule has 0 aliphatic carbocycles. The molecule has 4 heterocycles. The van der Waals surface area contributed by atoms with Gasteiger partial charge in [0.15, 0.2) is 5.58 Å². The molecule has 3 aromatic heterocycles. The molecule has 1 fully saturated rings. The molecule has 9 heteroatoms. The predicted molar refractivity (Wildman–Crippen MR) is 109 cm³/mol. The Bertz CT molecular complexity index is 1160. The first-order valence-corrected chi connectivity index (χ1v) is 10.4. The van der Waals surface area contributed by atoms with Gasteiger partial charge in [0.05, 0.1) is 24.3 Å². The maximum absolute atomic E-state index is 13.2. The van der Waals surface area contributed by atoms with Crippen LogP contribution in [0.4, 0.5) is 0 Å². The summed E-state index contributed by atoms with van der Waals surface area (Å²) in [7, 11) is 0. The Hall–Kier alpha value is -3.10. The third-order valence-corrected chi connectivity index (χ3v) is 5.72. The van der Waals surface area contributed by atoms with E-state index in [9.17, 15) is 14.4 Å². The first-order chi connectivity index (χ1) is 14.5. The normalized spacial score (nSPS) is 18.1. The number of esters is 1. The van der Waals surface area contributed by atoms with Crippen LogP contribution in [0.15, 0.2) is 27.6 Å². The Morgan fingerprint density at radius 2 is 2.13 bits per heavy atom. The van der Waals surface area contributed by atoms with E-state index in [0.29, 0.717) is 49.5 Å². The van der Waals surface area contributed by atoms with Crippen LogP contribution in [-0.4, -0.2) is 50.7 Å². The minimum Gasteiger partial charge on any atom is -0.466 e. The Kier molecular flexibility index (Phi) is 5.36. The maximum atomic E-state index is 13.2. The molecule has 1 aliphatic rings. The van der Waals surface area contributed by atoms with Crippen LogP contribution >= 0.6 is 0 Å². The molecule has 0 aromatic carbocycles. The van der Waals surface area contributed by atoms with E-state index in [2.05, 4.69) is 5.10 Å². The van der Waals surface area contributed by atoms with E-state index in [4.69, 9.17) is 9.15 Å². The monoisotopic (exact) mass is 414 g/mol. The Morgan fingerprint density at radius 1 is 1.33 bits per heavy atom. The van der Waals surface area contributed by atoms with Gasteiger partial charge in [0.1, 0.15) is 17.4 Å². The number of nitrogens with zero attached hydrogens (tertiary/aromatic N) is 4. The fourth-order valence-electron chi connectivity index (χ4n) is 4.18. The van der Waals surface area contributed by atoms with E-state index < -0.39 is 6.04 Å². The number of rotatable bonds is 5. The number of hydrogen-bond donors (Lipinski definition) is 0. The molecule has 1 amide bonds. The summed E-state index contributed by atoms with van der Waals surface area (Å²) >= 11 is 0. The molecule has 0 N–H and O–H groups in total. The molecule has 2 atom stereocenters. The van der Waals surface area contributed by atoms with Crippen molar-refractivity contribution in [3.8, 4) is 0 Å². The smallest absolute Gasteiger partial charge is 0.310 e. The number of likely N-dealkylation sites (tertiary alicyclic amines) is 1. The SMILES string of the molecule is CCOC(=O)C1CCCN(C(=O)C(C)n2nc(CC)n3c(cc4occc43)c2=O)C1. The highest BCUT2D eigenvalue weighted by atomic mass is 16.5. The van der Waals surface area contributed by atoms with E-state index in [-0.39, 0.29) is 23.4 Å². The molecule has 160 valence electrons. The van der Waals surface area contributed by atoms with Gasteiger partial charge < -0.3 is 14.1 Å². The zero-order valence-electron chi connectivity index (χ0n) is 17.5. The van der Waals surface area contributed by atoms with Gasteiger partial charge in [0.25, 0.3) is 5.56 Å². The quantitative estimate of drug-likeness (QED) is 0.594. The van der Waals surface area contributed by atoms with Crippen LogP contribution in [0.1, 0.15) is 45.5 Å². The van der Waals surface area contributed by atoms with Gasteiger partial charge in [-0.1, -0.05) is 6.92 Å². The molecule has 0 spiro atoms. The van der Waals surface area contributed by atoms with E-state index in [0.717, 1.165) is 11.9 Å². The van der Waals surface area contributed by atoms with Crippen molar-refractivity contribution >= 4 is 28.5 Å². The lowest BCUT2D eigenvalue weighted by Crippen LogP contribution is -2.47. The number of hydrogen-bond acceptors (Lipinski definition) is 6. The second-order valence-corrected chi connectivity index (χ2v) is 7.61. The number of carbonyl (C=O) groups is 2. The van der Waals surface area contributed by atoms with E-state index in [1.165, 1.54) is 4.68 Å². The molecule has 3 aromatic rings. The van der Waals surface area contributed by atoms with E-state index in [1.807, 2.05) is 6.92 Å². The van der Waals surface area contributed by atoms with Crippen LogP contribution in [-0.2, 0) is 20.7 Å². The average molecular weight is 414 g/mol. The van der Waals surface area contributed by atoms with Gasteiger partial charge in [-0.3, -0.25) is 18.8 Å². The fourth-order valence-corrected chi connectivity index (χ4v) is 4.18. The standard InChI is InChI=1S/C21H26N4O5/c1-4-18-22-25(20(27)16-11-17-15(24(16)18)8-10-30-17)13(3)19(26)23-9-6-7-14(12-23)21(28)29-5-2/h8,10-11,13-14H,4-7,9,12H2,1-3H3. The summed E-state index contributed by atoms with van der Waals surface area (Å²) in [6.45, 7) is 6.56. The van der Waals surface area contributed by atoms with Crippen molar-refractivity contribution in [1.82, 2.24) is 19.1 Å². The van der Waals surface area contributed by atoms with Crippen molar-refractivity contribution in [3.05, 3.63) is 34.6 Å². The molecule has 9 nitrogen and oxygen atoms in total. The van der Waals surface area contributed by atoms with E-state index in [1.54, 1.807) is 41.5 Å². The highest BCUT2D eigenvalue weighted by Crippen LogP contribution is 2.23. The Balaban J connectivity index is 1.66. The van der Waals surface area contributed by atoms with Crippen molar-refractivity contribution in [2.75, 3.05) is 19.7 Å². The Morgan fingerprint density at radius 3 is 2.87 bits per heavy atom. The van der Waals surface area contributed by atoms with Gasteiger partial charge in [-0.2, -0.15) is 5.10 Å². The largest absolute Gasteiger partial charge is 0.466 e. The topological polar surface area (TPSA) is 99.1 Å². The lowest BCUT2D eigenvalue weighted by Gasteiger charge is -2.33. The second-order valence-electron chi connectivity index (χ2n) is 7.61. The predicted octanol–water partition coefficient (Wildman–Crippen LogP) is 2.17. The van der Waals surface area contributed by atoms with Gasteiger partial charge in [0, 0.05) is 31.6 Å². The average Bonchev–Trinajstić information content (AvgIpc) is 3.35. The molecular weight excluding hydrogens is 388 g/mol. The number of ether oxygens (including phenoxy) is 1. The highest BCUT2D eigenvalue weighted by Gasteiger charge is 2.32. The van der Waals surface area contributed by atoms with Crippen molar-refractivity contribution in [2.24, 2.45) is 5.92 Å². The summed E-state index contributed by atoms with van der Waals surface area (Å²) in [5.41, 5.74) is 1.47. The fraction of sp³-hybridized carbons (Fsp3) is 0.524. The molecular formula is C21H26N4O5. The van der Waals surface area contributed by atoms with Crippen LogP contribution in [0.2, 0.25) is 0 Å². The Labute approximate surface area is 173 Å². The molecule has 0 radical (unpaired) electrons. The maximum Gasteiger partial charge on any atom is 0.310 e. The summed E-state index contributed by atoms with van der Waals surface area (Å²) < 4.78 is 13.6. The number of carbonyl (C=O) groups excluding carboxylic acids is 2. The van der Waals surface area contributed by atoms with Crippen LogP contribution in [0.5, 0.6) is 0 Å². The van der Waals surface area contributed by atoms with Crippen LogP contribution in [0.3, 0.4) is 0 Å². The van der Waals surface area contributed by atoms with Crippen LogP contribution in [0.25, 0.3) is 16.6 Å². The zero-order valence-corrected chi connectivity index (χ0v) is 17.5. The van der Waals surface area contributed by atoms with Crippen molar-refractivity contribution in [2.45, 2.75) is 46.1 Å². The van der Waals surface area contributed by atoms with Gasteiger partial charge in [0.2, 0.25) is 5.91 Å². The third kappa shape index (κ3) is 3.28. The number of furan rings is 1. The highest BCUT2D eigenvalue weighted by molar-refractivity contribution is 5.83. The van der Waals surface area contributed by atoms with Gasteiger partial charge in [-0.05, 0) is 26.7 Å². The number of amides is 1. The molecule has 0 saturated carbocycles. The summed E-state index contributed by atoms with van der Waals surface area (Å²) in [6.07, 6.45) is 3.58. The third-order valence-electron chi connectivity index (χ3n) is 5.72. The molecule has 4 rings (SSSR count). The van der Waals surface area contributed by atoms with Crippen LogP contribution < -0.4 is 5.56 Å². The van der Waals surface area contributed by atoms with Crippen molar-refractivity contribution < 1.29 is 18.7 Å². The van der Waals surface area contributed by atoms with Gasteiger partial charge in [-0.15, -0.1) is 0 Å². The summed E-state index contributed by atoms with van der Waals surface area (Å²) in [5, 5.41) is 4.51. The second kappa shape index (κ2) is 7.97. The van der Waals surface area contributed by atoms with Crippen molar-refractivity contribution in [1.29, 1.82) is 0 Å².